The predicted molar refractivity (Wildman–Crippen MR) is 80.7 cm³/mol. The summed E-state index contributed by atoms with van der Waals surface area (Å²) in [5.74, 6) is 0.591. The van der Waals surface area contributed by atoms with Crippen molar-refractivity contribution in [3.8, 4) is 5.75 Å². The Kier molecular flexibility index (Phi) is 3.68. The highest BCUT2D eigenvalue weighted by molar-refractivity contribution is 14.1. The normalized spacial score (nSPS) is 18.2. The number of rotatable bonds is 2. The Bertz CT molecular complexity index is 684. The van der Waals surface area contributed by atoms with Crippen molar-refractivity contribution in [2.45, 2.75) is 18.8 Å². The molecule has 0 saturated carbocycles. The number of halogens is 4. The third-order valence-corrected chi connectivity index (χ3v) is 4.24. The third-order valence-electron chi connectivity index (χ3n) is 3.34. The lowest BCUT2D eigenvalue weighted by atomic mass is 10.1. The second kappa shape index (κ2) is 5.24. The van der Waals surface area contributed by atoms with Crippen LogP contribution in [0.4, 0.5) is 18.9 Å². The van der Waals surface area contributed by atoms with Crippen LogP contribution in [0.5, 0.6) is 5.75 Å². The molecule has 1 aromatic heterocycles. The molecule has 2 aromatic rings. The zero-order valence-corrected chi connectivity index (χ0v) is 12.9. The lowest BCUT2D eigenvalue weighted by molar-refractivity contribution is -0.140. The van der Waals surface area contributed by atoms with Crippen molar-refractivity contribution in [1.29, 1.82) is 0 Å². The first-order chi connectivity index (χ1) is 9.89. The van der Waals surface area contributed by atoms with Crippen LogP contribution >= 0.6 is 22.6 Å². The minimum Gasteiger partial charge on any atom is -0.489 e. The molecule has 0 fully saturated rings. The number of anilines is 1. The molecule has 4 nitrogen and oxygen atoms in total. The van der Waals surface area contributed by atoms with Gasteiger partial charge in [0.2, 0.25) is 0 Å². The molecule has 1 aromatic carbocycles. The van der Waals surface area contributed by atoms with Crippen LogP contribution in [0.15, 0.2) is 18.2 Å². The number of nitrogens with one attached hydrogen (secondary N) is 1. The number of alkyl halides is 3. The smallest absolute Gasteiger partial charge is 0.406 e. The van der Waals surface area contributed by atoms with Crippen LogP contribution in [0.25, 0.3) is 10.9 Å². The maximum atomic E-state index is 12.7. The van der Waals surface area contributed by atoms with Crippen molar-refractivity contribution in [3.63, 3.8) is 0 Å². The maximum absolute atomic E-state index is 12.7. The lowest BCUT2D eigenvalue weighted by Gasteiger charge is -2.26. The molecular weight excluding hydrogens is 400 g/mol. The van der Waals surface area contributed by atoms with Crippen LogP contribution in [0.3, 0.4) is 0 Å². The van der Waals surface area contributed by atoms with Gasteiger partial charge in [-0.05, 0) is 40.8 Å². The Labute approximate surface area is 132 Å². The molecule has 21 heavy (non-hydrogen) atoms. The van der Waals surface area contributed by atoms with Gasteiger partial charge in [0.1, 0.15) is 18.9 Å². The minimum absolute atomic E-state index is 0.101. The molecule has 0 bridgehead atoms. The van der Waals surface area contributed by atoms with E-state index in [4.69, 9.17) is 4.74 Å². The van der Waals surface area contributed by atoms with Crippen molar-refractivity contribution in [1.82, 2.24) is 4.57 Å². The average Bonchev–Trinajstić information content (AvgIpc) is 2.73. The minimum atomic E-state index is -4.28. The van der Waals surface area contributed by atoms with Crippen molar-refractivity contribution in [3.05, 3.63) is 21.9 Å². The molecular formula is C13H12F3IN2O2. The topological polar surface area (TPSA) is 46.4 Å². The quantitative estimate of drug-likeness (QED) is 0.746. The van der Waals surface area contributed by atoms with Gasteiger partial charge in [0, 0.05) is 5.39 Å². The van der Waals surface area contributed by atoms with Crippen molar-refractivity contribution < 1.29 is 23.0 Å². The second-order valence-corrected chi connectivity index (χ2v) is 5.98. The standard InChI is InChI=1S/C13H12F3IN2O2/c14-13(15,16)6-19-9-1-2-10-12(8(9)3-11(19)17)18-7(4-20)5-21-10/h1-3,7,18,20H,4-6H2. The van der Waals surface area contributed by atoms with Gasteiger partial charge in [-0.15, -0.1) is 0 Å². The first kappa shape index (κ1) is 14.8. The van der Waals surface area contributed by atoms with Crippen LogP contribution in [-0.4, -0.2) is 35.1 Å². The van der Waals surface area contributed by atoms with E-state index >= 15 is 0 Å². The number of ether oxygens (including phenoxy) is 1. The molecule has 2 N–H and O–H groups in total. The number of fused-ring (bicyclic) bond motifs is 3. The van der Waals surface area contributed by atoms with E-state index in [1.165, 1.54) is 4.57 Å². The van der Waals surface area contributed by atoms with Crippen LogP contribution in [0, 0.1) is 3.70 Å². The van der Waals surface area contributed by atoms with Gasteiger partial charge in [0.15, 0.2) is 0 Å². The SMILES string of the molecule is OCC1COc2ccc3c(cc(I)n3CC(F)(F)F)c2N1. The third kappa shape index (κ3) is 2.78. The number of nitrogens with zero attached hydrogens (tertiary/aromatic N) is 1. The molecule has 1 aliphatic rings. The zero-order chi connectivity index (χ0) is 15.2. The van der Waals surface area contributed by atoms with Gasteiger partial charge in [0.05, 0.1) is 27.6 Å². The lowest BCUT2D eigenvalue weighted by Crippen LogP contribution is -2.34. The number of aromatic nitrogens is 1. The summed E-state index contributed by atoms with van der Waals surface area (Å²) in [6.45, 7) is -0.802. The Morgan fingerprint density at radius 1 is 1.43 bits per heavy atom. The summed E-state index contributed by atoms with van der Waals surface area (Å²) in [7, 11) is 0. The molecule has 0 spiro atoms. The van der Waals surface area contributed by atoms with Gasteiger partial charge in [0.25, 0.3) is 0 Å². The fourth-order valence-corrected chi connectivity index (χ4v) is 3.17. The molecule has 1 aliphatic heterocycles. The molecule has 0 saturated heterocycles. The van der Waals surface area contributed by atoms with E-state index in [0.717, 1.165) is 0 Å². The van der Waals surface area contributed by atoms with Crippen LogP contribution in [0.2, 0.25) is 0 Å². The molecule has 8 heteroatoms. The predicted octanol–water partition coefficient (Wildman–Crippen LogP) is 2.97. The summed E-state index contributed by atoms with van der Waals surface area (Å²) >= 11 is 1.89. The summed E-state index contributed by atoms with van der Waals surface area (Å²) in [5.41, 5.74) is 1.13. The molecule has 2 heterocycles. The van der Waals surface area contributed by atoms with E-state index in [1.54, 1.807) is 18.2 Å². The van der Waals surface area contributed by atoms with Crippen molar-refractivity contribution in [2.24, 2.45) is 0 Å². The summed E-state index contributed by atoms with van der Waals surface area (Å²) in [4.78, 5) is 0. The van der Waals surface area contributed by atoms with E-state index in [1.807, 2.05) is 22.6 Å². The Hall–Kier alpha value is -1.16. The number of hydrogen-bond acceptors (Lipinski definition) is 3. The molecule has 114 valence electrons. The highest BCUT2D eigenvalue weighted by Crippen LogP contribution is 2.39. The van der Waals surface area contributed by atoms with Crippen LogP contribution < -0.4 is 10.1 Å². The van der Waals surface area contributed by atoms with E-state index in [-0.39, 0.29) is 12.6 Å². The number of aliphatic hydroxyl groups is 1. The average molecular weight is 412 g/mol. The fourth-order valence-electron chi connectivity index (χ4n) is 2.43. The largest absolute Gasteiger partial charge is 0.489 e. The first-order valence-corrected chi connectivity index (χ1v) is 7.35. The molecule has 1 unspecified atom stereocenters. The number of hydrogen-bond donors (Lipinski definition) is 2. The van der Waals surface area contributed by atoms with Gasteiger partial charge >= 0.3 is 6.18 Å². The maximum Gasteiger partial charge on any atom is 0.406 e. The van der Waals surface area contributed by atoms with E-state index in [2.05, 4.69) is 5.32 Å². The van der Waals surface area contributed by atoms with Gasteiger partial charge in [-0.3, -0.25) is 0 Å². The second-order valence-electron chi connectivity index (χ2n) is 4.87. The van der Waals surface area contributed by atoms with E-state index in [0.29, 0.717) is 32.6 Å². The monoisotopic (exact) mass is 412 g/mol. The summed E-state index contributed by atoms with van der Waals surface area (Å²) in [5, 5.41) is 13.0. The van der Waals surface area contributed by atoms with Crippen LogP contribution in [-0.2, 0) is 6.54 Å². The van der Waals surface area contributed by atoms with Gasteiger partial charge in [-0.25, -0.2) is 0 Å². The van der Waals surface area contributed by atoms with Crippen molar-refractivity contribution >= 4 is 39.2 Å². The fraction of sp³-hybridized carbons (Fsp3) is 0.385. The van der Waals surface area contributed by atoms with Gasteiger partial charge in [-0.1, -0.05) is 0 Å². The van der Waals surface area contributed by atoms with Crippen molar-refractivity contribution in [2.75, 3.05) is 18.5 Å². The Morgan fingerprint density at radius 3 is 2.86 bits per heavy atom. The highest BCUT2D eigenvalue weighted by Gasteiger charge is 2.30. The molecule has 0 radical (unpaired) electrons. The summed E-state index contributed by atoms with van der Waals surface area (Å²) in [6.07, 6.45) is -4.28. The number of benzene rings is 1. The Balaban J connectivity index is 2.11. The summed E-state index contributed by atoms with van der Waals surface area (Å²) < 4.78 is 45.3. The molecule has 1 atom stereocenters. The van der Waals surface area contributed by atoms with Gasteiger partial charge in [-0.2, -0.15) is 13.2 Å². The molecule has 0 amide bonds. The summed E-state index contributed by atoms with van der Waals surface area (Å²) in [6, 6.07) is 4.72. The molecule has 3 rings (SSSR count). The van der Waals surface area contributed by atoms with Gasteiger partial charge < -0.3 is 19.7 Å². The highest BCUT2D eigenvalue weighted by atomic mass is 127. The number of aliphatic hydroxyl groups excluding tert-OH is 1. The van der Waals surface area contributed by atoms with E-state index < -0.39 is 12.7 Å². The first-order valence-electron chi connectivity index (χ1n) is 6.28. The zero-order valence-electron chi connectivity index (χ0n) is 10.7. The Morgan fingerprint density at radius 2 is 2.19 bits per heavy atom. The van der Waals surface area contributed by atoms with E-state index in [9.17, 15) is 18.3 Å². The molecule has 0 aliphatic carbocycles. The van der Waals surface area contributed by atoms with Crippen LogP contribution in [0.1, 0.15) is 0 Å².